The number of para-hydroxylation sites is 1. The van der Waals surface area contributed by atoms with Gasteiger partial charge in [-0.3, -0.25) is 0 Å². The molecule has 0 unspecified atom stereocenters. The number of nitrogens with zero attached hydrogens (tertiary/aromatic N) is 2. The summed E-state index contributed by atoms with van der Waals surface area (Å²) >= 11 is 0. The van der Waals surface area contributed by atoms with Gasteiger partial charge in [-0.15, -0.1) is 0 Å². The fraction of sp³-hybridized carbons (Fsp3) is 0.633. The van der Waals surface area contributed by atoms with E-state index in [2.05, 4.69) is 80.2 Å². The van der Waals surface area contributed by atoms with E-state index >= 15 is 0 Å². The topological polar surface area (TPSA) is 8.81 Å². The highest BCUT2D eigenvalue weighted by Crippen LogP contribution is 2.49. The fourth-order valence-electron chi connectivity index (χ4n) is 7.40. The predicted octanol–water partition coefficient (Wildman–Crippen LogP) is 7.56. The molecule has 0 amide bonds. The highest BCUT2D eigenvalue weighted by molar-refractivity contribution is 5.54. The molecule has 32 heavy (non-hydrogen) atoms. The Morgan fingerprint density at radius 1 is 0.844 bits per heavy atom. The summed E-state index contributed by atoms with van der Waals surface area (Å²) in [5.41, 5.74) is 5.82. The van der Waals surface area contributed by atoms with Gasteiger partial charge in [-0.25, -0.2) is 4.57 Å². The van der Waals surface area contributed by atoms with Gasteiger partial charge in [0.1, 0.15) is 11.2 Å². The van der Waals surface area contributed by atoms with Gasteiger partial charge in [0.05, 0.1) is 5.41 Å². The van der Waals surface area contributed by atoms with Gasteiger partial charge in [-0.2, -0.15) is 4.57 Å². The average Bonchev–Trinajstić information content (AvgIpc) is 3.32. The minimum Gasteiger partial charge on any atom is -0.217 e. The molecule has 0 saturated heterocycles. The smallest absolute Gasteiger partial charge is 0.217 e. The van der Waals surface area contributed by atoms with Gasteiger partial charge in [0, 0.05) is 18.8 Å². The third-order valence-corrected chi connectivity index (χ3v) is 8.81. The average molecular weight is 432 g/mol. The van der Waals surface area contributed by atoms with Crippen LogP contribution in [0.3, 0.4) is 0 Å². The number of allylic oxidation sites excluding steroid dienone is 1. The first-order valence-electron chi connectivity index (χ1n) is 13.3. The van der Waals surface area contributed by atoms with E-state index in [0.29, 0.717) is 0 Å². The summed E-state index contributed by atoms with van der Waals surface area (Å²) in [6.45, 7) is 11.9. The third kappa shape index (κ3) is 3.32. The summed E-state index contributed by atoms with van der Waals surface area (Å²) in [6, 6.07) is 8.96. The Labute approximate surface area is 195 Å². The van der Waals surface area contributed by atoms with Crippen molar-refractivity contribution >= 4 is 6.08 Å². The van der Waals surface area contributed by atoms with E-state index in [9.17, 15) is 0 Å². The van der Waals surface area contributed by atoms with Crippen molar-refractivity contribution in [2.45, 2.75) is 110 Å². The lowest BCUT2D eigenvalue weighted by molar-refractivity contribution is -0.775. The Morgan fingerprint density at radius 3 is 1.94 bits per heavy atom. The molecule has 172 valence electrons. The van der Waals surface area contributed by atoms with Crippen molar-refractivity contribution in [1.29, 1.82) is 0 Å². The molecule has 2 aliphatic carbocycles. The van der Waals surface area contributed by atoms with Crippen LogP contribution in [0.4, 0.5) is 0 Å². The SMILES string of the molecule is Cc1ccccc1-n1c(C)c2[n+](c1C(C)(C)C)C(C1CCCCC1)(C1CCCCC1)C=C2. The van der Waals surface area contributed by atoms with Crippen LogP contribution in [0.15, 0.2) is 30.3 Å². The molecule has 3 aliphatic rings. The molecule has 2 heteroatoms. The molecule has 2 heterocycles. The van der Waals surface area contributed by atoms with E-state index in [0.717, 1.165) is 11.8 Å². The van der Waals surface area contributed by atoms with E-state index in [1.807, 2.05) is 0 Å². The van der Waals surface area contributed by atoms with Gasteiger partial charge in [-0.1, -0.05) is 56.7 Å². The van der Waals surface area contributed by atoms with Crippen molar-refractivity contribution in [1.82, 2.24) is 4.57 Å². The molecule has 0 spiro atoms. The van der Waals surface area contributed by atoms with E-state index in [1.54, 1.807) is 0 Å². The summed E-state index contributed by atoms with van der Waals surface area (Å²) in [5, 5.41) is 0. The van der Waals surface area contributed by atoms with E-state index < -0.39 is 0 Å². The fourth-order valence-corrected chi connectivity index (χ4v) is 7.40. The Hall–Kier alpha value is -1.83. The lowest BCUT2D eigenvalue weighted by Gasteiger charge is -2.45. The van der Waals surface area contributed by atoms with Gasteiger partial charge in [-0.05, 0) is 77.2 Å². The van der Waals surface area contributed by atoms with Crippen molar-refractivity contribution in [2.75, 3.05) is 0 Å². The predicted molar refractivity (Wildman–Crippen MR) is 134 cm³/mol. The molecule has 0 N–H and O–H groups in total. The van der Waals surface area contributed by atoms with Crippen LogP contribution in [-0.4, -0.2) is 4.57 Å². The molecule has 1 aromatic heterocycles. The van der Waals surface area contributed by atoms with Gasteiger partial charge < -0.3 is 0 Å². The molecule has 5 rings (SSSR count). The van der Waals surface area contributed by atoms with Crippen LogP contribution in [-0.2, 0) is 11.0 Å². The van der Waals surface area contributed by atoms with E-state index in [-0.39, 0.29) is 11.0 Å². The maximum atomic E-state index is 2.89. The van der Waals surface area contributed by atoms with Crippen LogP contribution >= 0.6 is 0 Å². The standard InChI is InChI=1S/C30H43N2/c1-22-14-12-13-19-26(22)31-23(2)27-20-21-30(24-15-8-6-9-16-24,25-17-10-7-11-18-25)32(27)28(31)29(3,4)5/h12-14,19-21,24-25H,6-11,15-18H2,1-5H3/q+1. The molecule has 2 nitrogen and oxygen atoms in total. The second kappa shape index (κ2) is 8.19. The molecule has 2 saturated carbocycles. The molecular weight excluding hydrogens is 388 g/mol. The summed E-state index contributed by atoms with van der Waals surface area (Å²) in [5.74, 6) is 3.05. The lowest BCUT2D eigenvalue weighted by Crippen LogP contribution is -2.66. The number of imidazole rings is 1. The lowest BCUT2D eigenvalue weighted by atomic mass is 9.64. The summed E-state index contributed by atoms with van der Waals surface area (Å²) < 4.78 is 5.51. The monoisotopic (exact) mass is 431 g/mol. The number of benzene rings is 1. The van der Waals surface area contributed by atoms with Crippen LogP contribution < -0.4 is 4.57 Å². The largest absolute Gasteiger partial charge is 0.268 e. The zero-order valence-electron chi connectivity index (χ0n) is 21.1. The summed E-state index contributed by atoms with van der Waals surface area (Å²) in [7, 11) is 0. The maximum Gasteiger partial charge on any atom is 0.268 e. The van der Waals surface area contributed by atoms with Crippen molar-refractivity contribution in [3.8, 4) is 5.69 Å². The maximum absolute atomic E-state index is 2.89. The van der Waals surface area contributed by atoms with Crippen LogP contribution in [0.5, 0.6) is 0 Å². The molecular formula is C30H43N2+. The molecule has 2 aromatic rings. The zero-order valence-corrected chi connectivity index (χ0v) is 21.1. The first kappa shape index (κ1) is 22.0. The Balaban J connectivity index is 1.80. The molecule has 0 atom stereocenters. The van der Waals surface area contributed by atoms with Crippen LogP contribution in [0.25, 0.3) is 11.8 Å². The molecule has 0 radical (unpaired) electrons. The first-order chi connectivity index (χ1) is 15.4. The molecule has 2 fully saturated rings. The number of hydrogen-bond acceptors (Lipinski definition) is 0. The zero-order chi connectivity index (χ0) is 22.5. The number of aryl methyl sites for hydroxylation is 1. The molecule has 0 bridgehead atoms. The van der Waals surface area contributed by atoms with E-state index in [1.165, 1.54) is 92.7 Å². The Kier molecular flexibility index (Phi) is 5.63. The summed E-state index contributed by atoms with van der Waals surface area (Å²) in [4.78, 5) is 0. The van der Waals surface area contributed by atoms with Crippen molar-refractivity contribution in [3.63, 3.8) is 0 Å². The second-order valence-electron chi connectivity index (χ2n) is 11.9. The second-order valence-corrected chi connectivity index (χ2v) is 11.9. The van der Waals surface area contributed by atoms with Crippen molar-refractivity contribution < 1.29 is 4.57 Å². The van der Waals surface area contributed by atoms with Gasteiger partial charge >= 0.3 is 0 Å². The van der Waals surface area contributed by atoms with Crippen LogP contribution in [0.2, 0.25) is 0 Å². The van der Waals surface area contributed by atoms with Gasteiger partial charge in [0.2, 0.25) is 0 Å². The number of hydrogen-bond donors (Lipinski definition) is 0. The minimum absolute atomic E-state index is 0.0614. The Bertz CT molecular complexity index is 986. The quantitative estimate of drug-likeness (QED) is 0.443. The Morgan fingerprint density at radius 2 is 1.41 bits per heavy atom. The molecule has 1 aromatic carbocycles. The van der Waals surface area contributed by atoms with Gasteiger partial charge in [0.15, 0.2) is 11.4 Å². The normalized spacial score (nSPS) is 21.8. The highest BCUT2D eigenvalue weighted by Gasteiger charge is 2.56. The van der Waals surface area contributed by atoms with Crippen LogP contribution in [0.1, 0.15) is 108 Å². The summed E-state index contributed by atoms with van der Waals surface area (Å²) in [6.07, 6.45) is 19.3. The highest BCUT2D eigenvalue weighted by atomic mass is 15.2. The third-order valence-electron chi connectivity index (χ3n) is 8.81. The van der Waals surface area contributed by atoms with Crippen molar-refractivity contribution in [2.24, 2.45) is 11.8 Å². The van der Waals surface area contributed by atoms with Gasteiger partial charge in [0.25, 0.3) is 5.82 Å². The molecule has 1 aliphatic heterocycles. The number of rotatable bonds is 3. The van der Waals surface area contributed by atoms with Crippen LogP contribution in [0, 0.1) is 25.7 Å². The van der Waals surface area contributed by atoms with Crippen molar-refractivity contribution in [3.05, 3.63) is 53.1 Å². The number of aromatic nitrogens is 2. The minimum atomic E-state index is 0.0614. The number of fused-ring (bicyclic) bond motifs is 1. The van der Waals surface area contributed by atoms with E-state index in [4.69, 9.17) is 0 Å². The first-order valence-corrected chi connectivity index (χ1v) is 13.3.